The van der Waals surface area contributed by atoms with Gasteiger partial charge in [0.15, 0.2) is 17.1 Å². The van der Waals surface area contributed by atoms with E-state index in [1.165, 1.54) is 0 Å². The summed E-state index contributed by atoms with van der Waals surface area (Å²) in [5.74, 6) is 2.53. The molecule has 41 heavy (non-hydrogen) atoms. The number of amides is 1. The van der Waals surface area contributed by atoms with Gasteiger partial charge in [-0.25, -0.2) is 0 Å². The monoisotopic (exact) mass is 559 g/mol. The Balaban J connectivity index is 1.57. The number of aromatic nitrogens is 1. The zero-order chi connectivity index (χ0) is 29.1. The minimum Gasteiger partial charge on any atom is -0.493 e. The normalized spacial score (nSPS) is 17.0. The number of nitrogens with two attached hydrogens (primary N) is 1. The molecule has 4 aromatic rings. The predicted molar refractivity (Wildman–Crippen MR) is 158 cm³/mol. The fourth-order valence-corrected chi connectivity index (χ4v) is 5.35. The maximum Gasteiger partial charge on any atom is 0.251 e. The summed E-state index contributed by atoms with van der Waals surface area (Å²) in [6.45, 7) is 3.91. The van der Waals surface area contributed by atoms with Gasteiger partial charge in [0.2, 0.25) is 5.75 Å². The van der Waals surface area contributed by atoms with Crippen LogP contribution in [-0.2, 0) is 0 Å². The second kappa shape index (κ2) is 12.1. The van der Waals surface area contributed by atoms with Crippen LogP contribution in [0, 0.1) is 0 Å². The van der Waals surface area contributed by atoms with Crippen LogP contribution in [0.5, 0.6) is 23.0 Å². The van der Waals surface area contributed by atoms with Gasteiger partial charge in [-0.3, -0.25) is 9.78 Å². The predicted octanol–water partition coefficient (Wildman–Crippen LogP) is 5.97. The van der Waals surface area contributed by atoms with Crippen molar-refractivity contribution in [2.75, 3.05) is 21.3 Å². The molecule has 2 unspecified atom stereocenters. The lowest BCUT2D eigenvalue weighted by atomic mass is 9.90. The lowest BCUT2D eigenvalue weighted by Gasteiger charge is -2.29. The number of rotatable bonds is 9. The van der Waals surface area contributed by atoms with Crippen molar-refractivity contribution in [3.05, 3.63) is 54.2 Å². The number of carbonyl (C=O) groups excluding carboxylic acids is 1. The van der Waals surface area contributed by atoms with Crippen LogP contribution < -0.4 is 30.0 Å². The highest BCUT2D eigenvalue weighted by Gasteiger charge is 2.25. The zero-order valence-corrected chi connectivity index (χ0v) is 24.2. The van der Waals surface area contributed by atoms with Gasteiger partial charge in [-0.15, -0.1) is 0 Å². The highest BCUT2D eigenvalue weighted by molar-refractivity contribution is 5.98. The molecule has 0 spiro atoms. The molecular formula is C32H37N3O6. The highest BCUT2D eigenvalue weighted by atomic mass is 16.5. The molecule has 2 atom stereocenters. The lowest BCUT2D eigenvalue weighted by molar-refractivity contribution is 0.0920. The Labute approximate surface area is 239 Å². The molecule has 1 saturated carbocycles. The summed E-state index contributed by atoms with van der Waals surface area (Å²) in [6.07, 6.45) is 5.60. The Hall–Kier alpha value is -4.24. The Morgan fingerprint density at radius 1 is 0.976 bits per heavy atom. The van der Waals surface area contributed by atoms with Crippen LogP contribution in [0.2, 0.25) is 0 Å². The van der Waals surface area contributed by atoms with Crippen molar-refractivity contribution < 1.29 is 28.2 Å². The average molecular weight is 560 g/mol. The van der Waals surface area contributed by atoms with E-state index in [4.69, 9.17) is 29.1 Å². The first-order valence-corrected chi connectivity index (χ1v) is 13.9. The van der Waals surface area contributed by atoms with E-state index in [1.54, 1.807) is 33.6 Å². The van der Waals surface area contributed by atoms with Gasteiger partial charge in [-0.2, -0.15) is 0 Å². The van der Waals surface area contributed by atoms with Crippen molar-refractivity contribution in [2.45, 2.75) is 57.7 Å². The van der Waals surface area contributed by atoms with Crippen LogP contribution in [0.1, 0.15) is 49.9 Å². The molecule has 9 heteroatoms. The molecule has 1 aliphatic carbocycles. The highest BCUT2D eigenvalue weighted by Crippen LogP contribution is 2.43. The molecule has 216 valence electrons. The molecule has 2 heterocycles. The minimum absolute atomic E-state index is 0.0427. The van der Waals surface area contributed by atoms with Gasteiger partial charge in [0, 0.05) is 41.0 Å². The van der Waals surface area contributed by atoms with E-state index in [9.17, 15) is 4.79 Å². The van der Waals surface area contributed by atoms with Crippen molar-refractivity contribution in [3.63, 3.8) is 0 Å². The maximum absolute atomic E-state index is 13.4. The molecule has 9 nitrogen and oxygen atoms in total. The van der Waals surface area contributed by atoms with Crippen LogP contribution in [0.15, 0.2) is 53.1 Å². The quantitative estimate of drug-likeness (QED) is 0.257. The summed E-state index contributed by atoms with van der Waals surface area (Å²) in [4.78, 5) is 18.0. The molecule has 1 fully saturated rings. The fraction of sp³-hybridized carbons (Fsp3) is 0.375. The molecule has 0 aliphatic heterocycles. The first-order valence-electron chi connectivity index (χ1n) is 13.9. The molecule has 1 aliphatic rings. The van der Waals surface area contributed by atoms with Gasteiger partial charge in [0.1, 0.15) is 17.0 Å². The number of fused-ring (bicyclic) bond motifs is 1. The van der Waals surface area contributed by atoms with Crippen LogP contribution >= 0.6 is 0 Å². The summed E-state index contributed by atoms with van der Waals surface area (Å²) >= 11 is 0. The van der Waals surface area contributed by atoms with Crippen molar-refractivity contribution in [1.82, 2.24) is 10.3 Å². The lowest BCUT2D eigenvalue weighted by Crippen LogP contribution is -2.49. The van der Waals surface area contributed by atoms with Crippen molar-refractivity contribution >= 4 is 17.0 Å². The maximum atomic E-state index is 13.4. The first-order chi connectivity index (χ1) is 19.8. The number of furan rings is 1. The zero-order valence-electron chi connectivity index (χ0n) is 24.2. The SMILES string of the molecule is COc1cc(-c2cc3nccc(-c4cc(OC(C)C)cc(C(=O)NC5CCCCC5N)c4)c3o2)cc(OC)c1OC. The Kier molecular flexibility index (Phi) is 8.35. The van der Waals surface area contributed by atoms with E-state index in [0.29, 0.717) is 45.4 Å². The number of hydrogen-bond acceptors (Lipinski definition) is 8. The Bertz CT molecular complexity index is 1520. The first kappa shape index (κ1) is 28.3. The van der Waals surface area contributed by atoms with Gasteiger partial charge < -0.3 is 34.4 Å². The number of carbonyl (C=O) groups is 1. The van der Waals surface area contributed by atoms with Crippen LogP contribution in [0.25, 0.3) is 33.6 Å². The summed E-state index contributed by atoms with van der Waals surface area (Å²) < 4.78 is 29.0. The third-order valence-electron chi connectivity index (χ3n) is 7.35. The Morgan fingerprint density at radius 3 is 2.37 bits per heavy atom. The summed E-state index contributed by atoms with van der Waals surface area (Å²) in [7, 11) is 4.70. The van der Waals surface area contributed by atoms with E-state index < -0.39 is 0 Å². The number of benzene rings is 2. The number of ether oxygens (including phenoxy) is 4. The molecule has 5 rings (SSSR count). The summed E-state index contributed by atoms with van der Waals surface area (Å²) in [6, 6.07) is 12.8. The van der Waals surface area contributed by atoms with E-state index in [1.807, 2.05) is 50.2 Å². The smallest absolute Gasteiger partial charge is 0.251 e. The summed E-state index contributed by atoms with van der Waals surface area (Å²) in [5.41, 5.74) is 10.4. The number of methoxy groups -OCH3 is 3. The molecule has 0 radical (unpaired) electrons. The van der Waals surface area contributed by atoms with E-state index in [2.05, 4.69) is 10.3 Å². The fourth-order valence-electron chi connectivity index (χ4n) is 5.35. The number of hydrogen-bond donors (Lipinski definition) is 2. The van der Waals surface area contributed by atoms with Gasteiger partial charge in [-0.05, 0) is 68.7 Å². The second-order valence-electron chi connectivity index (χ2n) is 10.5. The minimum atomic E-state index is -0.175. The topological polar surface area (TPSA) is 118 Å². The Morgan fingerprint density at radius 2 is 1.71 bits per heavy atom. The third kappa shape index (κ3) is 5.95. The molecule has 1 amide bonds. The van der Waals surface area contributed by atoms with Gasteiger partial charge in [-0.1, -0.05) is 12.8 Å². The molecule has 0 saturated heterocycles. The van der Waals surface area contributed by atoms with Crippen molar-refractivity contribution in [1.29, 1.82) is 0 Å². The van der Waals surface area contributed by atoms with Crippen LogP contribution in [0.3, 0.4) is 0 Å². The number of nitrogens with zero attached hydrogens (tertiary/aromatic N) is 1. The number of nitrogens with one attached hydrogen (secondary N) is 1. The average Bonchev–Trinajstić information content (AvgIpc) is 3.41. The van der Waals surface area contributed by atoms with Crippen LogP contribution in [-0.4, -0.2) is 50.4 Å². The van der Waals surface area contributed by atoms with Gasteiger partial charge in [0.05, 0.1) is 27.4 Å². The van der Waals surface area contributed by atoms with Crippen molar-refractivity contribution in [2.24, 2.45) is 5.73 Å². The summed E-state index contributed by atoms with van der Waals surface area (Å²) in [5, 5.41) is 3.15. The molecule has 2 aromatic carbocycles. The standard InChI is InChI=1S/C32H37N3O6/c1-18(2)40-22-13-19(12-21(14-22)32(36)35-25-9-7-6-8-24(25)33)23-10-11-34-26-17-27(41-30(23)26)20-15-28(37-3)31(39-5)29(16-20)38-4/h10-18,24-25H,6-9,33H2,1-5H3,(H,35,36). The van der Waals surface area contributed by atoms with Crippen LogP contribution in [0.4, 0.5) is 0 Å². The molecule has 0 bridgehead atoms. The second-order valence-corrected chi connectivity index (χ2v) is 10.5. The van der Waals surface area contributed by atoms with E-state index in [0.717, 1.165) is 42.4 Å². The van der Waals surface area contributed by atoms with Crippen molar-refractivity contribution in [3.8, 4) is 45.4 Å². The molecule has 3 N–H and O–H groups in total. The van der Waals surface area contributed by atoms with E-state index in [-0.39, 0.29) is 24.1 Å². The largest absolute Gasteiger partial charge is 0.493 e. The molecular weight excluding hydrogens is 522 g/mol. The van der Waals surface area contributed by atoms with Gasteiger partial charge >= 0.3 is 0 Å². The van der Waals surface area contributed by atoms with Gasteiger partial charge in [0.25, 0.3) is 5.91 Å². The number of pyridine rings is 1. The van der Waals surface area contributed by atoms with E-state index >= 15 is 0 Å². The third-order valence-corrected chi connectivity index (χ3v) is 7.35. The molecule has 2 aromatic heterocycles.